The van der Waals surface area contributed by atoms with Crippen LogP contribution in [0.15, 0.2) is 12.3 Å². The first-order valence-electron chi connectivity index (χ1n) is 6.83. The number of carbonyl (C=O) groups excluding carboxylic acids is 2. The quantitative estimate of drug-likeness (QED) is 0.751. The van der Waals surface area contributed by atoms with E-state index in [0.717, 1.165) is 5.69 Å². The van der Waals surface area contributed by atoms with Crippen LogP contribution < -0.4 is 10.6 Å². The van der Waals surface area contributed by atoms with Gasteiger partial charge in [0.15, 0.2) is 0 Å². The molecule has 2 rings (SSSR count). The molecule has 2 heterocycles. The Hall–Kier alpha value is -1.89. The minimum Gasteiger partial charge on any atom is -0.358 e. The van der Waals surface area contributed by atoms with Crippen molar-refractivity contribution in [3.63, 3.8) is 0 Å². The number of nitrogens with zero attached hydrogens (tertiary/aromatic N) is 3. The summed E-state index contributed by atoms with van der Waals surface area (Å²) in [5.41, 5.74) is 0.944. The molecule has 110 valence electrons. The fraction of sp³-hybridized carbons (Fsp3) is 0.615. The largest absolute Gasteiger partial charge is 0.358 e. The van der Waals surface area contributed by atoms with E-state index in [1.54, 1.807) is 16.6 Å². The van der Waals surface area contributed by atoms with Crippen LogP contribution in [-0.2, 0) is 16.1 Å². The Morgan fingerprint density at radius 2 is 2.35 bits per heavy atom. The van der Waals surface area contributed by atoms with Gasteiger partial charge in [0.05, 0.1) is 5.69 Å². The lowest BCUT2D eigenvalue weighted by atomic mass is 10.2. The molecular formula is C13H21N5O2. The monoisotopic (exact) mass is 279 g/mol. The van der Waals surface area contributed by atoms with E-state index in [-0.39, 0.29) is 17.9 Å². The van der Waals surface area contributed by atoms with E-state index in [2.05, 4.69) is 15.7 Å². The van der Waals surface area contributed by atoms with Crippen LogP contribution in [0.2, 0.25) is 0 Å². The van der Waals surface area contributed by atoms with Crippen molar-refractivity contribution in [3.8, 4) is 0 Å². The van der Waals surface area contributed by atoms with Crippen molar-refractivity contribution in [3.05, 3.63) is 18.0 Å². The average Bonchev–Trinajstić information content (AvgIpc) is 2.89. The first-order chi connectivity index (χ1) is 9.60. The van der Waals surface area contributed by atoms with Gasteiger partial charge >= 0.3 is 0 Å². The van der Waals surface area contributed by atoms with Gasteiger partial charge in [0.1, 0.15) is 6.04 Å². The highest BCUT2D eigenvalue weighted by atomic mass is 16.2. The van der Waals surface area contributed by atoms with Crippen LogP contribution in [0.3, 0.4) is 0 Å². The summed E-state index contributed by atoms with van der Waals surface area (Å²) in [5.74, 6) is -0.0150. The van der Waals surface area contributed by atoms with E-state index < -0.39 is 0 Å². The van der Waals surface area contributed by atoms with Crippen molar-refractivity contribution < 1.29 is 9.59 Å². The summed E-state index contributed by atoms with van der Waals surface area (Å²) in [6.45, 7) is 4.20. The molecule has 0 radical (unpaired) electrons. The second-order valence-electron chi connectivity index (χ2n) is 4.93. The molecular weight excluding hydrogens is 258 g/mol. The maximum Gasteiger partial charge on any atom is 0.238 e. The van der Waals surface area contributed by atoms with Gasteiger partial charge in [-0.3, -0.25) is 14.3 Å². The molecule has 0 saturated carbocycles. The zero-order valence-electron chi connectivity index (χ0n) is 11.9. The molecule has 0 aliphatic carbocycles. The Balaban J connectivity index is 1.84. The minimum atomic E-state index is -0.315. The second-order valence-corrected chi connectivity index (χ2v) is 4.93. The summed E-state index contributed by atoms with van der Waals surface area (Å²) in [6, 6.07) is 1.60. The molecule has 1 saturated heterocycles. The van der Waals surface area contributed by atoms with Gasteiger partial charge < -0.3 is 15.5 Å². The van der Waals surface area contributed by atoms with Crippen molar-refractivity contribution in [2.24, 2.45) is 0 Å². The molecule has 2 N–H and O–H groups in total. The predicted molar refractivity (Wildman–Crippen MR) is 74.0 cm³/mol. The molecule has 1 aliphatic heterocycles. The summed E-state index contributed by atoms with van der Waals surface area (Å²) < 4.78 is 1.77. The van der Waals surface area contributed by atoms with Gasteiger partial charge in [-0.15, -0.1) is 0 Å². The van der Waals surface area contributed by atoms with Gasteiger partial charge in [0.2, 0.25) is 11.8 Å². The van der Waals surface area contributed by atoms with Crippen molar-refractivity contribution in [2.75, 3.05) is 26.7 Å². The fourth-order valence-corrected chi connectivity index (χ4v) is 2.28. The van der Waals surface area contributed by atoms with E-state index in [1.165, 1.54) is 0 Å². The summed E-state index contributed by atoms with van der Waals surface area (Å²) >= 11 is 0. The molecule has 0 unspecified atom stereocenters. The molecule has 1 aliphatic rings. The van der Waals surface area contributed by atoms with Crippen LogP contribution in [-0.4, -0.2) is 59.2 Å². The Morgan fingerprint density at radius 3 is 3.00 bits per heavy atom. The third-order valence-corrected chi connectivity index (χ3v) is 3.42. The number of aryl methyl sites for hydroxylation is 2. The van der Waals surface area contributed by atoms with Gasteiger partial charge in [-0.25, -0.2) is 0 Å². The number of amides is 2. The second kappa shape index (κ2) is 6.51. The normalized spacial score (nSPS) is 18.9. The zero-order valence-corrected chi connectivity index (χ0v) is 11.9. The lowest BCUT2D eigenvalue weighted by Crippen LogP contribution is -2.58. The summed E-state index contributed by atoms with van der Waals surface area (Å²) in [5, 5.41) is 9.96. The summed E-state index contributed by atoms with van der Waals surface area (Å²) in [6.07, 6.45) is 2.27. The molecule has 2 amide bonds. The third-order valence-electron chi connectivity index (χ3n) is 3.42. The number of carbonyl (C=O) groups is 2. The van der Waals surface area contributed by atoms with Gasteiger partial charge in [0.25, 0.3) is 0 Å². The van der Waals surface area contributed by atoms with Crippen LogP contribution in [0.4, 0.5) is 0 Å². The van der Waals surface area contributed by atoms with Crippen molar-refractivity contribution >= 4 is 11.8 Å². The fourth-order valence-electron chi connectivity index (χ4n) is 2.28. The summed E-state index contributed by atoms with van der Waals surface area (Å²) in [4.78, 5) is 25.5. The highest BCUT2D eigenvalue weighted by Crippen LogP contribution is 2.04. The molecule has 7 nitrogen and oxygen atoms in total. The number of aromatic nitrogens is 2. The van der Waals surface area contributed by atoms with Gasteiger partial charge in [-0.05, 0) is 13.0 Å². The highest BCUT2D eigenvalue weighted by molar-refractivity contribution is 5.83. The zero-order chi connectivity index (χ0) is 14.5. The summed E-state index contributed by atoms with van der Waals surface area (Å²) in [7, 11) is 1.60. The van der Waals surface area contributed by atoms with E-state index in [0.29, 0.717) is 32.6 Å². The number of piperazine rings is 1. The number of likely N-dealkylation sites (N-methyl/N-ethyl adjacent to an activating group) is 1. The third kappa shape index (κ3) is 3.57. The molecule has 7 heteroatoms. The van der Waals surface area contributed by atoms with E-state index in [4.69, 9.17) is 0 Å². The first kappa shape index (κ1) is 14.5. The van der Waals surface area contributed by atoms with Crippen LogP contribution in [0, 0.1) is 6.92 Å². The number of nitrogens with one attached hydrogen (secondary N) is 2. The number of hydrogen-bond acceptors (Lipinski definition) is 4. The SMILES string of the molecule is CNC(=O)[C@@H]1CN(C(=O)CCn2ccc(C)n2)CCN1. The lowest BCUT2D eigenvalue weighted by Gasteiger charge is -2.32. The molecule has 1 atom stereocenters. The number of hydrogen-bond donors (Lipinski definition) is 2. The maximum atomic E-state index is 12.2. The van der Waals surface area contributed by atoms with E-state index >= 15 is 0 Å². The topological polar surface area (TPSA) is 79.3 Å². The predicted octanol–water partition coefficient (Wildman–Crippen LogP) is -0.872. The van der Waals surface area contributed by atoms with E-state index in [1.807, 2.05) is 19.2 Å². The molecule has 1 fully saturated rings. The Bertz CT molecular complexity index is 485. The number of rotatable bonds is 4. The standard InChI is InChI=1S/C13H21N5O2/c1-10-3-6-18(16-10)7-4-12(19)17-8-5-15-11(9-17)13(20)14-2/h3,6,11,15H,4-5,7-9H2,1-2H3,(H,14,20)/t11-/m0/s1. The van der Waals surface area contributed by atoms with Crippen molar-refractivity contribution in [1.29, 1.82) is 0 Å². The molecule has 20 heavy (non-hydrogen) atoms. The lowest BCUT2D eigenvalue weighted by molar-refractivity contribution is -0.134. The molecule has 0 spiro atoms. The minimum absolute atomic E-state index is 0.0635. The smallest absolute Gasteiger partial charge is 0.238 e. The van der Waals surface area contributed by atoms with Gasteiger partial charge in [-0.2, -0.15) is 5.10 Å². The Kier molecular flexibility index (Phi) is 4.73. The van der Waals surface area contributed by atoms with Gasteiger partial charge in [-0.1, -0.05) is 0 Å². The maximum absolute atomic E-state index is 12.2. The van der Waals surface area contributed by atoms with Crippen molar-refractivity contribution in [2.45, 2.75) is 25.9 Å². The molecule has 1 aromatic rings. The Labute approximate surface area is 118 Å². The molecule has 1 aromatic heterocycles. The Morgan fingerprint density at radius 1 is 1.55 bits per heavy atom. The first-order valence-corrected chi connectivity index (χ1v) is 6.83. The molecule has 0 aromatic carbocycles. The highest BCUT2D eigenvalue weighted by Gasteiger charge is 2.26. The average molecular weight is 279 g/mol. The van der Waals surface area contributed by atoms with Crippen LogP contribution in [0.5, 0.6) is 0 Å². The van der Waals surface area contributed by atoms with Crippen LogP contribution in [0.25, 0.3) is 0 Å². The van der Waals surface area contributed by atoms with Crippen molar-refractivity contribution in [1.82, 2.24) is 25.3 Å². The molecule has 0 bridgehead atoms. The van der Waals surface area contributed by atoms with Crippen LogP contribution >= 0.6 is 0 Å². The van der Waals surface area contributed by atoms with E-state index in [9.17, 15) is 9.59 Å². The van der Waals surface area contributed by atoms with Crippen LogP contribution in [0.1, 0.15) is 12.1 Å². The van der Waals surface area contributed by atoms with Gasteiger partial charge in [0, 0.05) is 45.8 Å².